The molecule has 2 heterocycles. The Morgan fingerprint density at radius 2 is 1.57 bits per heavy atom. The van der Waals surface area contributed by atoms with E-state index in [-0.39, 0.29) is 23.1 Å². The maximum absolute atomic E-state index is 13.7. The average molecular weight is 478 g/mol. The van der Waals surface area contributed by atoms with Crippen LogP contribution >= 0.6 is 0 Å². The van der Waals surface area contributed by atoms with E-state index in [9.17, 15) is 9.59 Å². The zero-order chi connectivity index (χ0) is 24.7. The second-order valence-corrected chi connectivity index (χ2v) is 10.2. The molecule has 2 aromatic rings. The van der Waals surface area contributed by atoms with E-state index in [2.05, 4.69) is 18.9 Å². The first-order chi connectivity index (χ1) is 17.0. The van der Waals surface area contributed by atoms with Gasteiger partial charge in [0, 0.05) is 51.1 Å². The molecule has 0 aromatic heterocycles. The third kappa shape index (κ3) is 6.43. The highest BCUT2D eigenvalue weighted by molar-refractivity contribution is 5.84. The number of hydrogen-bond acceptors (Lipinski definition) is 4. The molecular weight excluding hydrogens is 438 g/mol. The van der Waals surface area contributed by atoms with E-state index in [1.165, 1.54) is 0 Å². The number of piperazine rings is 1. The number of amides is 2. The predicted molar refractivity (Wildman–Crippen MR) is 138 cm³/mol. The van der Waals surface area contributed by atoms with Crippen LogP contribution in [-0.4, -0.2) is 79.4 Å². The molecule has 0 bridgehead atoms. The van der Waals surface area contributed by atoms with Gasteiger partial charge in [-0.1, -0.05) is 55.5 Å². The van der Waals surface area contributed by atoms with Crippen molar-refractivity contribution in [1.29, 1.82) is 0 Å². The fraction of sp³-hybridized carbons (Fsp3) is 0.517. The largest absolute Gasteiger partial charge is 0.493 e. The number of benzene rings is 2. The van der Waals surface area contributed by atoms with Crippen molar-refractivity contribution in [3.63, 3.8) is 0 Å². The molecule has 6 heteroatoms. The van der Waals surface area contributed by atoms with Gasteiger partial charge in [0.05, 0.1) is 12.5 Å². The molecule has 35 heavy (non-hydrogen) atoms. The summed E-state index contributed by atoms with van der Waals surface area (Å²) in [6, 6.07) is 19.8. The quantitative estimate of drug-likeness (QED) is 0.576. The maximum Gasteiger partial charge on any atom is 0.230 e. The normalized spacial score (nSPS) is 22.0. The van der Waals surface area contributed by atoms with E-state index >= 15 is 0 Å². The molecule has 2 saturated heterocycles. The lowest BCUT2D eigenvalue weighted by Gasteiger charge is -2.44. The monoisotopic (exact) mass is 477 g/mol. The van der Waals surface area contributed by atoms with Crippen molar-refractivity contribution < 1.29 is 14.3 Å². The third-order valence-corrected chi connectivity index (χ3v) is 7.55. The summed E-state index contributed by atoms with van der Waals surface area (Å²) in [5.41, 5.74) is 0.671. The van der Waals surface area contributed by atoms with Crippen molar-refractivity contribution in [3.05, 3.63) is 66.2 Å². The Kier molecular flexibility index (Phi) is 8.45. The Bertz CT molecular complexity index is 960. The van der Waals surface area contributed by atoms with Crippen molar-refractivity contribution in [3.8, 4) is 5.75 Å². The van der Waals surface area contributed by atoms with Crippen LogP contribution in [-0.2, 0) is 9.59 Å². The first-order valence-corrected chi connectivity index (χ1v) is 13.0. The first-order valence-electron chi connectivity index (χ1n) is 13.0. The predicted octanol–water partition coefficient (Wildman–Crippen LogP) is 4.03. The molecule has 0 saturated carbocycles. The van der Waals surface area contributed by atoms with Gasteiger partial charge in [-0.2, -0.15) is 0 Å². The van der Waals surface area contributed by atoms with Gasteiger partial charge in [0.25, 0.3) is 0 Å². The van der Waals surface area contributed by atoms with Crippen molar-refractivity contribution in [2.45, 2.75) is 38.5 Å². The van der Waals surface area contributed by atoms with E-state index < -0.39 is 0 Å². The number of rotatable bonds is 8. The number of carbonyl (C=O) groups is 2. The molecule has 0 spiro atoms. The molecule has 2 aliphatic heterocycles. The lowest BCUT2D eigenvalue weighted by molar-refractivity contribution is -0.143. The number of ether oxygens (including phenoxy) is 1. The summed E-state index contributed by atoms with van der Waals surface area (Å²) in [6.45, 7) is 7.13. The van der Waals surface area contributed by atoms with E-state index in [0.29, 0.717) is 19.6 Å². The van der Waals surface area contributed by atoms with E-state index in [1.54, 1.807) is 0 Å². The van der Waals surface area contributed by atoms with Gasteiger partial charge in [-0.15, -0.1) is 0 Å². The number of para-hydroxylation sites is 1. The fourth-order valence-corrected chi connectivity index (χ4v) is 5.41. The summed E-state index contributed by atoms with van der Waals surface area (Å²) in [5.74, 6) is 0.988. The smallest absolute Gasteiger partial charge is 0.230 e. The number of piperidine rings is 1. The van der Waals surface area contributed by atoms with Crippen LogP contribution in [0.25, 0.3) is 0 Å². The number of hydrogen-bond donors (Lipinski definition) is 0. The highest BCUT2D eigenvalue weighted by Gasteiger charge is 2.42. The summed E-state index contributed by atoms with van der Waals surface area (Å²) in [5, 5.41) is 0. The average Bonchev–Trinajstić information content (AvgIpc) is 2.90. The highest BCUT2D eigenvalue weighted by Crippen LogP contribution is 2.37. The Morgan fingerprint density at radius 3 is 2.23 bits per heavy atom. The first kappa shape index (κ1) is 25.2. The minimum atomic E-state index is -0.390. The molecular formula is C29H39N3O3. The van der Waals surface area contributed by atoms with Crippen molar-refractivity contribution in [1.82, 2.24) is 14.7 Å². The Morgan fingerprint density at radius 1 is 0.914 bits per heavy atom. The second kappa shape index (κ2) is 11.7. The lowest BCUT2D eigenvalue weighted by atomic mass is 9.76. The van der Waals surface area contributed by atoms with Crippen LogP contribution in [0, 0.1) is 5.41 Å². The molecule has 0 N–H and O–H groups in total. The number of likely N-dealkylation sites (tertiary alicyclic amines) is 1. The van der Waals surface area contributed by atoms with E-state index in [4.69, 9.17) is 4.74 Å². The van der Waals surface area contributed by atoms with Gasteiger partial charge in [0.1, 0.15) is 5.75 Å². The molecule has 0 radical (unpaired) electrons. The zero-order valence-corrected chi connectivity index (χ0v) is 21.2. The summed E-state index contributed by atoms with van der Waals surface area (Å²) >= 11 is 0. The molecule has 4 rings (SSSR count). The number of likely N-dealkylation sites (N-methyl/N-ethyl adjacent to an activating group) is 1. The van der Waals surface area contributed by atoms with Crippen LogP contribution < -0.4 is 4.74 Å². The Hall–Kier alpha value is -2.86. The van der Waals surface area contributed by atoms with Gasteiger partial charge in [0.15, 0.2) is 0 Å². The molecule has 0 aliphatic carbocycles. The fourth-order valence-electron chi connectivity index (χ4n) is 5.41. The molecule has 6 nitrogen and oxygen atoms in total. The third-order valence-electron chi connectivity index (χ3n) is 7.55. The van der Waals surface area contributed by atoms with Gasteiger partial charge < -0.3 is 19.4 Å². The van der Waals surface area contributed by atoms with Gasteiger partial charge >= 0.3 is 0 Å². The number of nitrogens with zero attached hydrogens (tertiary/aromatic N) is 3. The minimum Gasteiger partial charge on any atom is -0.493 e. The zero-order valence-electron chi connectivity index (χ0n) is 21.2. The minimum absolute atomic E-state index is 0.157. The van der Waals surface area contributed by atoms with Gasteiger partial charge in [-0.3, -0.25) is 9.59 Å². The maximum atomic E-state index is 13.7. The molecule has 2 atom stereocenters. The SMILES string of the molecule is CCC(C(=O)N1CCCC(COc2ccccc2)(CC(=O)N2CCN(C)CC2)C1)c1ccccc1. The van der Waals surface area contributed by atoms with Crippen LogP contribution in [0.1, 0.15) is 44.1 Å². The summed E-state index contributed by atoms with van der Waals surface area (Å²) in [6.07, 6.45) is 2.93. The van der Waals surface area contributed by atoms with Gasteiger partial charge in [0.2, 0.25) is 11.8 Å². The number of carbonyl (C=O) groups excluding carboxylic acids is 2. The van der Waals surface area contributed by atoms with Crippen molar-refractivity contribution in [2.75, 3.05) is 52.9 Å². The second-order valence-electron chi connectivity index (χ2n) is 10.2. The van der Waals surface area contributed by atoms with Crippen LogP contribution in [0.5, 0.6) is 5.75 Å². The van der Waals surface area contributed by atoms with Crippen molar-refractivity contribution >= 4 is 11.8 Å². The van der Waals surface area contributed by atoms with Crippen LogP contribution in [0.15, 0.2) is 60.7 Å². The summed E-state index contributed by atoms with van der Waals surface area (Å²) in [7, 11) is 2.10. The molecule has 2 fully saturated rings. The molecule has 2 aliphatic rings. The molecule has 2 amide bonds. The van der Waals surface area contributed by atoms with Gasteiger partial charge in [-0.25, -0.2) is 0 Å². The van der Waals surface area contributed by atoms with E-state index in [1.807, 2.05) is 70.5 Å². The summed E-state index contributed by atoms with van der Waals surface area (Å²) in [4.78, 5) is 33.4. The Labute approximate surface area is 209 Å². The topological polar surface area (TPSA) is 53.1 Å². The van der Waals surface area contributed by atoms with Crippen LogP contribution in [0.4, 0.5) is 0 Å². The standard InChI is InChI=1S/C29H39N3O3/c1-3-26(24-11-6-4-7-12-24)28(34)32-16-10-15-29(22-32,23-35-25-13-8-5-9-14-25)21-27(33)31-19-17-30(2)18-20-31/h4-9,11-14,26H,3,10,15-23H2,1-2H3. The van der Waals surface area contributed by atoms with Gasteiger partial charge in [-0.05, 0) is 44.0 Å². The Balaban J connectivity index is 1.52. The van der Waals surface area contributed by atoms with Crippen molar-refractivity contribution in [2.24, 2.45) is 5.41 Å². The highest BCUT2D eigenvalue weighted by atomic mass is 16.5. The summed E-state index contributed by atoms with van der Waals surface area (Å²) < 4.78 is 6.24. The van der Waals surface area contributed by atoms with Crippen LogP contribution in [0.2, 0.25) is 0 Å². The van der Waals surface area contributed by atoms with E-state index in [0.717, 1.165) is 63.3 Å². The lowest BCUT2D eigenvalue weighted by Crippen LogP contribution is -2.53. The molecule has 2 aromatic carbocycles. The van der Waals surface area contributed by atoms with Crippen LogP contribution in [0.3, 0.4) is 0 Å². The molecule has 2 unspecified atom stereocenters. The molecule has 188 valence electrons.